The van der Waals surface area contributed by atoms with Crippen LogP contribution in [0.15, 0.2) is 73.1 Å². The number of aromatic nitrogens is 2. The first-order valence-electron chi connectivity index (χ1n) is 6.82. The smallest absolute Gasteiger partial charge is 0.175 e. The first kappa shape index (κ1) is 14.2. The third kappa shape index (κ3) is 3.65. The van der Waals surface area contributed by atoms with Gasteiger partial charge < -0.3 is 10.6 Å². The van der Waals surface area contributed by atoms with Crippen LogP contribution in [0.2, 0.25) is 0 Å². The van der Waals surface area contributed by atoms with E-state index in [0.717, 1.165) is 22.8 Å². The minimum absolute atomic E-state index is 0.532. The van der Waals surface area contributed by atoms with E-state index in [0.29, 0.717) is 5.11 Å². The molecule has 0 atom stereocenters. The van der Waals surface area contributed by atoms with E-state index in [-0.39, 0.29) is 0 Å². The average molecular weight is 306 g/mol. The van der Waals surface area contributed by atoms with Crippen LogP contribution < -0.4 is 10.6 Å². The molecule has 0 spiro atoms. The predicted molar refractivity (Wildman–Crippen MR) is 93.8 cm³/mol. The van der Waals surface area contributed by atoms with Gasteiger partial charge in [0.1, 0.15) is 0 Å². The fraction of sp³-hybridized carbons (Fsp3) is 0. The molecular formula is C17H14N4S. The average Bonchev–Trinajstić information content (AvgIpc) is 2.57. The molecule has 2 N–H and O–H groups in total. The van der Waals surface area contributed by atoms with Crippen molar-refractivity contribution >= 4 is 28.7 Å². The van der Waals surface area contributed by atoms with Crippen molar-refractivity contribution in [2.24, 2.45) is 0 Å². The van der Waals surface area contributed by atoms with Crippen molar-refractivity contribution in [3.63, 3.8) is 0 Å². The lowest BCUT2D eigenvalue weighted by molar-refractivity contribution is 1.25. The maximum absolute atomic E-state index is 5.32. The monoisotopic (exact) mass is 306 g/mol. The van der Waals surface area contributed by atoms with Crippen molar-refractivity contribution in [3.05, 3.63) is 73.1 Å². The fourth-order valence-corrected chi connectivity index (χ4v) is 2.21. The van der Waals surface area contributed by atoms with E-state index >= 15 is 0 Å². The molecule has 4 nitrogen and oxygen atoms in total. The lowest BCUT2D eigenvalue weighted by atomic mass is 10.2. The van der Waals surface area contributed by atoms with Crippen molar-refractivity contribution in [1.29, 1.82) is 0 Å². The predicted octanol–water partition coefficient (Wildman–Crippen LogP) is 3.95. The third-order valence-corrected chi connectivity index (χ3v) is 3.18. The van der Waals surface area contributed by atoms with Crippen LogP contribution in [0.4, 0.5) is 11.4 Å². The van der Waals surface area contributed by atoms with Gasteiger partial charge in [-0.1, -0.05) is 24.3 Å². The number of thiocarbonyl (C=S) groups is 1. The van der Waals surface area contributed by atoms with E-state index in [9.17, 15) is 0 Å². The van der Waals surface area contributed by atoms with Gasteiger partial charge in [0, 0.05) is 23.8 Å². The Hall–Kier alpha value is -2.79. The number of rotatable bonds is 3. The molecule has 5 heteroatoms. The van der Waals surface area contributed by atoms with Gasteiger partial charge >= 0.3 is 0 Å². The molecule has 0 aliphatic carbocycles. The Morgan fingerprint density at radius 2 is 1.45 bits per heavy atom. The van der Waals surface area contributed by atoms with Crippen molar-refractivity contribution in [1.82, 2.24) is 9.97 Å². The van der Waals surface area contributed by atoms with Gasteiger partial charge in [0.15, 0.2) is 5.11 Å². The molecule has 0 bridgehead atoms. The van der Waals surface area contributed by atoms with Crippen LogP contribution in [0.5, 0.6) is 0 Å². The lowest BCUT2D eigenvalue weighted by Gasteiger charge is -2.11. The Labute approximate surface area is 134 Å². The van der Waals surface area contributed by atoms with E-state index in [1.165, 1.54) is 0 Å². The number of para-hydroxylation sites is 1. The highest BCUT2D eigenvalue weighted by Gasteiger charge is 2.03. The summed E-state index contributed by atoms with van der Waals surface area (Å²) >= 11 is 5.32. The quantitative estimate of drug-likeness (QED) is 0.718. The topological polar surface area (TPSA) is 49.8 Å². The molecule has 0 saturated carbocycles. The van der Waals surface area contributed by atoms with Gasteiger partial charge in [-0.3, -0.25) is 9.97 Å². The van der Waals surface area contributed by atoms with Gasteiger partial charge in [0.05, 0.1) is 11.4 Å². The minimum Gasteiger partial charge on any atom is -0.332 e. The van der Waals surface area contributed by atoms with Crippen LogP contribution in [0.1, 0.15) is 0 Å². The lowest BCUT2D eigenvalue weighted by Crippen LogP contribution is -2.19. The van der Waals surface area contributed by atoms with Gasteiger partial charge in [0.2, 0.25) is 0 Å². The molecule has 108 valence electrons. The normalized spacial score (nSPS) is 10.0. The Kier molecular flexibility index (Phi) is 4.36. The Morgan fingerprint density at radius 3 is 2.23 bits per heavy atom. The molecule has 0 aliphatic heterocycles. The molecule has 0 saturated heterocycles. The number of hydrogen-bond acceptors (Lipinski definition) is 3. The first-order valence-corrected chi connectivity index (χ1v) is 7.22. The zero-order valence-electron chi connectivity index (χ0n) is 11.7. The molecule has 2 heterocycles. The summed E-state index contributed by atoms with van der Waals surface area (Å²) in [5.74, 6) is 0. The summed E-state index contributed by atoms with van der Waals surface area (Å²) in [4.78, 5) is 8.63. The molecular weight excluding hydrogens is 292 g/mol. The van der Waals surface area contributed by atoms with Crippen molar-refractivity contribution < 1.29 is 0 Å². The number of anilines is 2. The molecule has 0 aliphatic rings. The number of nitrogens with zero attached hydrogens (tertiary/aromatic N) is 2. The maximum atomic E-state index is 5.32. The van der Waals surface area contributed by atoms with Gasteiger partial charge in [-0.2, -0.15) is 0 Å². The summed E-state index contributed by atoms with van der Waals surface area (Å²) in [6.45, 7) is 0. The largest absolute Gasteiger partial charge is 0.332 e. The van der Waals surface area contributed by atoms with E-state index in [4.69, 9.17) is 12.2 Å². The number of hydrogen-bond donors (Lipinski definition) is 2. The van der Waals surface area contributed by atoms with Crippen LogP contribution in [0, 0.1) is 0 Å². The minimum atomic E-state index is 0.532. The highest BCUT2D eigenvalue weighted by molar-refractivity contribution is 7.80. The fourth-order valence-electron chi connectivity index (χ4n) is 1.98. The van der Waals surface area contributed by atoms with E-state index in [2.05, 4.69) is 20.6 Å². The molecule has 3 aromatic rings. The SMILES string of the molecule is S=C(Nc1ccccc1)Nc1ccnc(-c2ccccn2)c1. The Morgan fingerprint density at radius 1 is 0.727 bits per heavy atom. The van der Waals surface area contributed by atoms with Gasteiger partial charge in [-0.05, 0) is 48.6 Å². The van der Waals surface area contributed by atoms with Crippen molar-refractivity contribution in [2.75, 3.05) is 10.6 Å². The third-order valence-electron chi connectivity index (χ3n) is 2.98. The molecule has 0 radical (unpaired) electrons. The van der Waals surface area contributed by atoms with Crippen LogP contribution >= 0.6 is 12.2 Å². The Balaban J connectivity index is 1.72. The molecule has 0 unspecified atom stereocenters. The first-order chi connectivity index (χ1) is 10.8. The zero-order valence-corrected chi connectivity index (χ0v) is 12.5. The van der Waals surface area contributed by atoms with Gasteiger partial charge in [0.25, 0.3) is 0 Å². The van der Waals surface area contributed by atoms with E-state index < -0.39 is 0 Å². The molecule has 0 amide bonds. The second kappa shape index (κ2) is 6.78. The van der Waals surface area contributed by atoms with E-state index in [1.807, 2.05) is 60.7 Å². The summed E-state index contributed by atoms with van der Waals surface area (Å²) in [5.41, 5.74) is 3.43. The summed E-state index contributed by atoms with van der Waals surface area (Å²) in [6.07, 6.45) is 3.48. The molecule has 0 fully saturated rings. The highest BCUT2D eigenvalue weighted by atomic mass is 32.1. The maximum Gasteiger partial charge on any atom is 0.175 e. The van der Waals surface area contributed by atoms with Gasteiger partial charge in [-0.15, -0.1) is 0 Å². The van der Waals surface area contributed by atoms with Crippen LogP contribution in [0.3, 0.4) is 0 Å². The molecule has 2 aromatic heterocycles. The van der Waals surface area contributed by atoms with Crippen molar-refractivity contribution in [3.8, 4) is 11.4 Å². The second-order valence-corrected chi connectivity index (χ2v) is 5.00. The second-order valence-electron chi connectivity index (χ2n) is 4.59. The summed E-state index contributed by atoms with van der Waals surface area (Å²) < 4.78 is 0. The van der Waals surface area contributed by atoms with Crippen molar-refractivity contribution in [2.45, 2.75) is 0 Å². The summed E-state index contributed by atoms with van der Waals surface area (Å²) in [5, 5.41) is 6.82. The Bertz CT molecular complexity index is 760. The van der Waals surface area contributed by atoms with Crippen LogP contribution in [0.25, 0.3) is 11.4 Å². The number of pyridine rings is 2. The summed E-state index contributed by atoms with van der Waals surface area (Å²) in [6, 6.07) is 19.3. The van der Waals surface area contributed by atoms with E-state index in [1.54, 1.807) is 12.4 Å². The van der Waals surface area contributed by atoms with Gasteiger partial charge in [-0.25, -0.2) is 0 Å². The standard InChI is InChI=1S/C17H14N4S/c22-17(20-13-6-2-1-3-7-13)21-14-9-11-19-16(12-14)15-8-4-5-10-18-15/h1-12H,(H2,19,20,21,22). The molecule has 1 aromatic carbocycles. The number of nitrogens with one attached hydrogen (secondary N) is 2. The summed E-state index contributed by atoms with van der Waals surface area (Å²) in [7, 11) is 0. The molecule has 22 heavy (non-hydrogen) atoms. The highest BCUT2D eigenvalue weighted by Crippen LogP contribution is 2.18. The van der Waals surface area contributed by atoms with Crippen LogP contribution in [-0.2, 0) is 0 Å². The van der Waals surface area contributed by atoms with Crippen LogP contribution in [-0.4, -0.2) is 15.1 Å². The number of benzene rings is 1. The molecule has 3 rings (SSSR count). The zero-order chi connectivity index (χ0) is 15.2.